The summed E-state index contributed by atoms with van der Waals surface area (Å²) in [6.07, 6.45) is 2.79. The fourth-order valence-corrected chi connectivity index (χ4v) is 4.96. The van der Waals surface area contributed by atoms with Gasteiger partial charge in [0, 0.05) is 21.0 Å². The molecule has 31 heavy (non-hydrogen) atoms. The molecule has 0 aliphatic heterocycles. The minimum Gasteiger partial charge on any atom is -0.468 e. The van der Waals surface area contributed by atoms with Crippen molar-refractivity contribution in [2.24, 2.45) is 0 Å². The molecule has 1 heterocycles. The molecule has 1 unspecified atom stereocenters. The van der Waals surface area contributed by atoms with E-state index in [4.69, 9.17) is 16.3 Å². The Morgan fingerprint density at radius 1 is 1.13 bits per heavy atom. The van der Waals surface area contributed by atoms with Gasteiger partial charge in [0.15, 0.2) is 5.92 Å². The van der Waals surface area contributed by atoms with Gasteiger partial charge in [0.25, 0.3) is 0 Å². The van der Waals surface area contributed by atoms with E-state index in [0.29, 0.717) is 16.3 Å². The van der Waals surface area contributed by atoms with E-state index in [1.54, 1.807) is 0 Å². The molecule has 0 bridgehead atoms. The fraction of sp³-hybridized carbons (Fsp3) is 0.160. The smallest absolute Gasteiger partial charge is 0.322 e. The molecule has 3 aromatic carbocycles. The first-order valence-electron chi connectivity index (χ1n) is 9.86. The van der Waals surface area contributed by atoms with Gasteiger partial charge in [-0.1, -0.05) is 41.9 Å². The molecule has 156 valence electrons. The normalized spacial score (nSPS) is 12.0. The van der Waals surface area contributed by atoms with Gasteiger partial charge in [0.1, 0.15) is 6.42 Å². The van der Waals surface area contributed by atoms with Crippen LogP contribution in [-0.4, -0.2) is 19.0 Å². The molecule has 0 aliphatic carbocycles. The lowest BCUT2D eigenvalue weighted by Gasteiger charge is -2.15. The lowest BCUT2D eigenvalue weighted by Crippen LogP contribution is -2.28. The van der Waals surface area contributed by atoms with Crippen LogP contribution in [0.4, 0.5) is 5.69 Å². The van der Waals surface area contributed by atoms with Crippen LogP contribution in [0.1, 0.15) is 24.0 Å². The summed E-state index contributed by atoms with van der Waals surface area (Å²) in [4.78, 5) is 25.8. The summed E-state index contributed by atoms with van der Waals surface area (Å²) < 4.78 is 5.95. The van der Waals surface area contributed by atoms with Gasteiger partial charge in [-0.3, -0.25) is 9.59 Å². The molecule has 1 N–H and O–H groups in total. The first-order valence-corrected chi connectivity index (χ1v) is 11.1. The Hall–Kier alpha value is -3.02. The standard InChI is InChI=1S/C25H20ClNO3S/c1-3-6-17-12-22-19(13-21(17)26)20(14-31-22)23(25(29)30-2)24(28)27-18-10-9-15-7-4-5-8-16(15)11-18/h3-5,7-14,23H,6H2,1-2H3/p+1. The van der Waals surface area contributed by atoms with Gasteiger partial charge in [-0.15, -0.1) is 11.3 Å². The third-order valence-corrected chi connectivity index (χ3v) is 6.54. The number of ether oxygens (including phenoxy) is 1. The molecule has 1 amide bonds. The van der Waals surface area contributed by atoms with Gasteiger partial charge in [-0.25, -0.2) is 0 Å². The summed E-state index contributed by atoms with van der Waals surface area (Å²) in [5.74, 6) is -2.14. The van der Waals surface area contributed by atoms with Crippen LogP contribution >= 0.6 is 22.9 Å². The molecule has 0 fully saturated rings. The Morgan fingerprint density at radius 2 is 1.90 bits per heavy atom. The van der Waals surface area contributed by atoms with Crippen LogP contribution < -0.4 is 5.32 Å². The second-order valence-corrected chi connectivity index (χ2v) is 8.57. The van der Waals surface area contributed by atoms with Crippen LogP contribution in [0, 0.1) is 6.42 Å². The summed E-state index contributed by atoms with van der Waals surface area (Å²) in [6.45, 7) is 1.98. The van der Waals surface area contributed by atoms with E-state index in [9.17, 15) is 9.59 Å². The van der Waals surface area contributed by atoms with E-state index in [1.807, 2.05) is 73.3 Å². The number of amides is 1. The van der Waals surface area contributed by atoms with Crippen molar-refractivity contribution < 1.29 is 14.3 Å². The van der Waals surface area contributed by atoms with Gasteiger partial charge >= 0.3 is 5.97 Å². The third kappa shape index (κ3) is 4.24. The molecular formula is C25H21ClNO3S+. The van der Waals surface area contributed by atoms with Crippen LogP contribution in [-0.2, 0) is 20.7 Å². The monoisotopic (exact) mass is 450 g/mol. The summed E-state index contributed by atoms with van der Waals surface area (Å²) in [5, 5.41) is 8.19. The fourth-order valence-electron chi connectivity index (χ4n) is 3.68. The topological polar surface area (TPSA) is 55.4 Å². The second kappa shape index (κ2) is 9.00. The Kier molecular flexibility index (Phi) is 6.16. The maximum absolute atomic E-state index is 13.2. The lowest BCUT2D eigenvalue weighted by atomic mass is 9.96. The van der Waals surface area contributed by atoms with Crippen LogP contribution in [0.3, 0.4) is 0 Å². The van der Waals surface area contributed by atoms with Crippen molar-refractivity contribution in [2.45, 2.75) is 19.3 Å². The van der Waals surface area contributed by atoms with Crippen molar-refractivity contribution in [1.29, 1.82) is 0 Å². The summed E-state index contributed by atoms with van der Waals surface area (Å²) >= 11 is 7.95. The number of benzene rings is 3. The zero-order chi connectivity index (χ0) is 22.0. The van der Waals surface area contributed by atoms with E-state index in [-0.39, 0.29) is 0 Å². The number of esters is 1. The van der Waals surface area contributed by atoms with Crippen LogP contribution in [0.5, 0.6) is 0 Å². The predicted octanol–water partition coefficient (Wildman–Crippen LogP) is 6.37. The Morgan fingerprint density at radius 3 is 2.65 bits per heavy atom. The molecule has 6 heteroatoms. The maximum Gasteiger partial charge on any atom is 0.322 e. The maximum atomic E-state index is 13.2. The van der Waals surface area contributed by atoms with Gasteiger partial charge in [-0.2, -0.15) is 0 Å². The number of thiophene rings is 1. The molecule has 0 radical (unpaired) electrons. The Labute approximate surface area is 189 Å². The third-order valence-electron chi connectivity index (χ3n) is 5.22. The van der Waals surface area contributed by atoms with Crippen molar-refractivity contribution in [3.8, 4) is 0 Å². The van der Waals surface area contributed by atoms with Crippen molar-refractivity contribution in [3.05, 3.63) is 82.5 Å². The zero-order valence-electron chi connectivity index (χ0n) is 17.1. The van der Waals surface area contributed by atoms with E-state index in [0.717, 1.165) is 32.8 Å². The summed E-state index contributed by atoms with van der Waals surface area (Å²) in [6, 6.07) is 17.4. The van der Waals surface area contributed by atoms with Gasteiger partial charge in [-0.05, 0) is 51.4 Å². The lowest BCUT2D eigenvalue weighted by molar-refractivity contribution is -0.145. The predicted molar refractivity (Wildman–Crippen MR) is 128 cm³/mol. The average Bonchev–Trinajstić information content (AvgIpc) is 3.16. The Bertz CT molecular complexity index is 1280. The number of rotatable bonds is 6. The number of hydrogen-bond donors (Lipinski definition) is 1. The molecular weight excluding hydrogens is 430 g/mol. The minimum atomic E-state index is -1.09. The number of anilines is 1. The van der Waals surface area contributed by atoms with E-state index >= 15 is 0 Å². The van der Waals surface area contributed by atoms with Crippen LogP contribution in [0.25, 0.3) is 20.9 Å². The van der Waals surface area contributed by atoms with Gasteiger partial charge < -0.3 is 10.1 Å². The number of carbonyl (C=O) groups excluding carboxylic acids is 2. The number of fused-ring (bicyclic) bond motifs is 2. The largest absolute Gasteiger partial charge is 0.468 e. The molecule has 1 aromatic heterocycles. The number of nitrogens with one attached hydrogen (secondary N) is 1. The van der Waals surface area contributed by atoms with E-state index < -0.39 is 17.8 Å². The molecule has 4 rings (SSSR count). The Balaban J connectivity index is 1.70. The zero-order valence-corrected chi connectivity index (χ0v) is 18.7. The molecule has 0 saturated heterocycles. The average molecular weight is 451 g/mol. The number of hydrogen-bond acceptors (Lipinski definition) is 4. The first-order chi connectivity index (χ1) is 15.0. The highest BCUT2D eigenvalue weighted by Crippen LogP contribution is 2.36. The van der Waals surface area contributed by atoms with Crippen molar-refractivity contribution >= 4 is 61.4 Å². The van der Waals surface area contributed by atoms with Crippen molar-refractivity contribution in [2.75, 3.05) is 12.4 Å². The SMILES string of the molecule is C[CH+]Cc1cc2scc(C(C(=O)Nc3ccc4ccccc4c3)C(=O)OC)c2cc1Cl. The number of methoxy groups -OCH3 is 1. The van der Waals surface area contributed by atoms with Gasteiger partial charge in [0.2, 0.25) is 5.91 Å². The highest BCUT2D eigenvalue weighted by Gasteiger charge is 2.32. The molecule has 1 atom stereocenters. The molecule has 4 aromatic rings. The summed E-state index contributed by atoms with van der Waals surface area (Å²) in [7, 11) is 1.29. The van der Waals surface area contributed by atoms with Crippen LogP contribution in [0.15, 0.2) is 60.0 Å². The quantitative estimate of drug-likeness (QED) is 0.211. The molecule has 4 nitrogen and oxygen atoms in total. The molecule has 0 saturated carbocycles. The van der Waals surface area contributed by atoms with Gasteiger partial charge in [0.05, 0.1) is 20.5 Å². The minimum absolute atomic E-state index is 0.441. The highest BCUT2D eigenvalue weighted by molar-refractivity contribution is 7.17. The van der Waals surface area contributed by atoms with Crippen molar-refractivity contribution in [1.82, 2.24) is 0 Å². The number of halogens is 1. The highest BCUT2D eigenvalue weighted by atomic mass is 35.5. The first kappa shape index (κ1) is 21.2. The molecule has 0 spiro atoms. The van der Waals surface area contributed by atoms with E-state index in [1.165, 1.54) is 18.4 Å². The second-order valence-electron chi connectivity index (χ2n) is 7.25. The summed E-state index contributed by atoms with van der Waals surface area (Å²) in [5.41, 5.74) is 2.23. The van der Waals surface area contributed by atoms with Crippen LogP contribution in [0.2, 0.25) is 5.02 Å². The van der Waals surface area contributed by atoms with Crippen molar-refractivity contribution in [3.63, 3.8) is 0 Å². The number of carbonyl (C=O) groups is 2. The van der Waals surface area contributed by atoms with E-state index in [2.05, 4.69) is 5.32 Å². The molecule has 0 aliphatic rings.